The summed E-state index contributed by atoms with van der Waals surface area (Å²) in [6.07, 6.45) is 0. The Bertz CT molecular complexity index is 1030. The van der Waals surface area contributed by atoms with Crippen LogP contribution in [0.3, 0.4) is 0 Å². The van der Waals surface area contributed by atoms with E-state index >= 15 is 0 Å². The maximum absolute atomic E-state index is 12.7. The second kappa shape index (κ2) is 6.96. The van der Waals surface area contributed by atoms with Crippen molar-refractivity contribution in [2.75, 3.05) is 18.5 Å². The zero-order chi connectivity index (χ0) is 19.0. The van der Waals surface area contributed by atoms with Gasteiger partial charge in [0, 0.05) is 17.3 Å². The number of rotatable bonds is 3. The molecular formula is C20H18ClN3O3. The molecule has 0 radical (unpaired) electrons. The first kappa shape index (κ1) is 17.4. The van der Waals surface area contributed by atoms with Gasteiger partial charge in [-0.3, -0.25) is 4.79 Å². The first-order valence-electron chi connectivity index (χ1n) is 8.56. The molecule has 1 aliphatic rings. The monoisotopic (exact) mass is 383 g/mol. The molecule has 1 aromatic heterocycles. The molecule has 1 aliphatic heterocycles. The molecule has 138 valence electrons. The predicted molar refractivity (Wildman–Crippen MR) is 103 cm³/mol. The molecule has 2 aromatic carbocycles. The summed E-state index contributed by atoms with van der Waals surface area (Å²) in [6, 6.07) is 12.6. The van der Waals surface area contributed by atoms with Crippen LogP contribution < -0.4 is 14.8 Å². The summed E-state index contributed by atoms with van der Waals surface area (Å²) in [5.74, 6) is 1.09. The number of benzene rings is 2. The maximum atomic E-state index is 12.7. The van der Waals surface area contributed by atoms with Crippen molar-refractivity contribution < 1.29 is 14.3 Å². The fraction of sp³-hybridized carbons (Fsp3) is 0.200. The lowest BCUT2D eigenvalue weighted by molar-refractivity contribution is 0.102. The number of nitrogens with zero attached hydrogens (tertiary/aromatic N) is 2. The van der Waals surface area contributed by atoms with Crippen LogP contribution in [0.15, 0.2) is 42.5 Å². The highest BCUT2D eigenvalue weighted by Gasteiger charge is 2.15. The minimum absolute atomic E-state index is 0.221. The van der Waals surface area contributed by atoms with Gasteiger partial charge in [0.05, 0.1) is 22.1 Å². The van der Waals surface area contributed by atoms with Crippen LogP contribution in [0.5, 0.6) is 11.5 Å². The van der Waals surface area contributed by atoms with Crippen LogP contribution in [0.1, 0.15) is 21.7 Å². The molecule has 0 fully saturated rings. The Labute approximate surface area is 161 Å². The van der Waals surface area contributed by atoms with Gasteiger partial charge < -0.3 is 14.8 Å². The molecule has 0 saturated carbocycles. The Morgan fingerprint density at radius 3 is 2.63 bits per heavy atom. The average Bonchev–Trinajstić information content (AvgIpc) is 2.95. The van der Waals surface area contributed by atoms with E-state index < -0.39 is 0 Å². The highest BCUT2D eigenvalue weighted by Crippen LogP contribution is 2.32. The zero-order valence-electron chi connectivity index (χ0n) is 15.0. The normalized spacial score (nSPS) is 12.7. The number of carbonyl (C=O) groups excluding carboxylic acids is 1. The Morgan fingerprint density at radius 2 is 1.89 bits per heavy atom. The largest absolute Gasteiger partial charge is 0.486 e. The van der Waals surface area contributed by atoms with Gasteiger partial charge >= 0.3 is 0 Å². The lowest BCUT2D eigenvalue weighted by Crippen LogP contribution is -2.16. The lowest BCUT2D eigenvalue weighted by atomic mass is 10.1. The maximum Gasteiger partial charge on any atom is 0.255 e. The number of halogens is 1. The molecule has 6 nitrogen and oxygen atoms in total. The van der Waals surface area contributed by atoms with Gasteiger partial charge in [-0.25, -0.2) is 4.68 Å². The third-order valence-corrected chi connectivity index (χ3v) is 4.90. The van der Waals surface area contributed by atoms with Crippen LogP contribution >= 0.6 is 11.6 Å². The fourth-order valence-corrected chi connectivity index (χ4v) is 3.10. The third-order valence-electron chi connectivity index (χ3n) is 4.36. The molecule has 0 saturated heterocycles. The molecule has 4 rings (SSSR count). The number of carbonyl (C=O) groups is 1. The van der Waals surface area contributed by atoms with E-state index in [2.05, 4.69) is 10.4 Å². The van der Waals surface area contributed by atoms with Crippen molar-refractivity contribution in [1.82, 2.24) is 9.78 Å². The number of nitrogens with one attached hydrogen (secondary N) is 1. The molecule has 0 aliphatic carbocycles. The average molecular weight is 384 g/mol. The minimum atomic E-state index is -0.221. The second-order valence-corrected chi connectivity index (χ2v) is 6.64. The smallest absolute Gasteiger partial charge is 0.255 e. The van der Waals surface area contributed by atoms with Gasteiger partial charge in [0.25, 0.3) is 5.91 Å². The van der Waals surface area contributed by atoms with Crippen molar-refractivity contribution in [2.24, 2.45) is 0 Å². The predicted octanol–water partition coefficient (Wildman–Crippen LogP) is 4.17. The van der Waals surface area contributed by atoms with Gasteiger partial charge in [-0.05, 0) is 44.2 Å². The van der Waals surface area contributed by atoms with Crippen LogP contribution in [0.2, 0.25) is 5.02 Å². The van der Waals surface area contributed by atoms with E-state index in [0.717, 1.165) is 17.1 Å². The van der Waals surface area contributed by atoms with Crippen molar-refractivity contribution in [3.8, 4) is 17.2 Å². The number of aromatic nitrogens is 2. The van der Waals surface area contributed by atoms with Crippen LogP contribution in [-0.4, -0.2) is 28.9 Å². The highest BCUT2D eigenvalue weighted by molar-refractivity contribution is 6.31. The Morgan fingerprint density at radius 1 is 1.11 bits per heavy atom. The summed E-state index contributed by atoms with van der Waals surface area (Å²) < 4.78 is 12.8. The van der Waals surface area contributed by atoms with Gasteiger partial charge in [-0.1, -0.05) is 17.7 Å². The second-order valence-electron chi connectivity index (χ2n) is 6.26. The summed E-state index contributed by atoms with van der Waals surface area (Å²) in [5, 5.41) is 7.95. The topological polar surface area (TPSA) is 65.4 Å². The zero-order valence-corrected chi connectivity index (χ0v) is 15.7. The van der Waals surface area contributed by atoms with Gasteiger partial charge in [0.1, 0.15) is 13.2 Å². The molecule has 3 aromatic rings. The fourth-order valence-electron chi connectivity index (χ4n) is 2.98. The van der Waals surface area contributed by atoms with Gasteiger partial charge in [0.15, 0.2) is 11.5 Å². The Kier molecular flexibility index (Phi) is 4.49. The van der Waals surface area contributed by atoms with Gasteiger partial charge in [-0.2, -0.15) is 5.10 Å². The molecule has 1 amide bonds. The summed E-state index contributed by atoms with van der Waals surface area (Å²) in [6.45, 7) is 4.77. The van der Waals surface area contributed by atoms with E-state index in [9.17, 15) is 4.79 Å². The van der Waals surface area contributed by atoms with Crippen LogP contribution in [0, 0.1) is 13.8 Å². The van der Waals surface area contributed by atoms with Crippen LogP contribution in [0.25, 0.3) is 5.69 Å². The first-order valence-corrected chi connectivity index (χ1v) is 8.94. The molecule has 0 bridgehead atoms. The minimum Gasteiger partial charge on any atom is -0.486 e. The molecule has 7 heteroatoms. The summed E-state index contributed by atoms with van der Waals surface area (Å²) in [5.41, 5.74) is 3.52. The number of ether oxygens (including phenoxy) is 2. The van der Waals surface area contributed by atoms with E-state index in [0.29, 0.717) is 41.0 Å². The molecular weight excluding hydrogens is 366 g/mol. The number of hydrogen-bond acceptors (Lipinski definition) is 4. The van der Waals surface area contributed by atoms with Crippen molar-refractivity contribution in [2.45, 2.75) is 13.8 Å². The number of aryl methyl sites for hydroxylation is 1. The molecule has 0 atom stereocenters. The van der Waals surface area contributed by atoms with E-state index in [1.165, 1.54) is 0 Å². The molecule has 0 spiro atoms. The summed E-state index contributed by atoms with van der Waals surface area (Å²) in [7, 11) is 0. The molecule has 1 N–H and O–H groups in total. The molecule has 0 unspecified atom stereocenters. The molecule has 2 heterocycles. The van der Waals surface area contributed by atoms with Gasteiger partial charge in [0.2, 0.25) is 0 Å². The van der Waals surface area contributed by atoms with Crippen molar-refractivity contribution in [3.05, 3.63) is 64.4 Å². The number of fused-ring (bicyclic) bond motifs is 1. The SMILES string of the molecule is Cc1nn(-c2cccc(C(=O)Nc3ccc4c(c3)OCCO4)c2)c(C)c1Cl. The van der Waals surface area contributed by atoms with Crippen LogP contribution in [-0.2, 0) is 0 Å². The van der Waals surface area contributed by atoms with Gasteiger partial charge in [-0.15, -0.1) is 0 Å². The Balaban J connectivity index is 1.58. The van der Waals surface area contributed by atoms with E-state index in [-0.39, 0.29) is 5.91 Å². The standard InChI is InChI=1S/C20H18ClN3O3/c1-12-19(21)13(2)24(23-12)16-5-3-4-14(10-16)20(25)22-15-6-7-17-18(11-15)27-9-8-26-17/h3-7,10-11H,8-9H2,1-2H3,(H,22,25). The van der Waals surface area contributed by atoms with E-state index in [1.807, 2.05) is 26.0 Å². The van der Waals surface area contributed by atoms with Crippen molar-refractivity contribution >= 4 is 23.2 Å². The quantitative estimate of drug-likeness (QED) is 0.737. The van der Waals surface area contributed by atoms with Crippen molar-refractivity contribution in [1.29, 1.82) is 0 Å². The van der Waals surface area contributed by atoms with E-state index in [4.69, 9.17) is 21.1 Å². The van der Waals surface area contributed by atoms with Crippen LogP contribution in [0.4, 0.5) is 5.69 Å². The lowest BCUT2D eigenvalue weighted by Gasteiger charge is -2.19. The number of hydrogen-bond donors (Lipinski definition) is 1. The first-order chi connectivity index (χ1) is 13.0. The summed E-state index contributed by atoms with van der Waals surface area (Å²) in [4.78, 5) is 12.7. The number of anilines is 1. The highest BCUT2D eigenvalue weighted by atomic mass is 35.5. The van der Waals surface area contributed by atoms with Crippen molar-refractivity contribution in [3.63, 3.8) is 0 Å². The van der Waals surface area contributed by atoms with E-state index in [1.54, 1.807) is 35.0 Å². The third kappa shape index (κ3) is 3.36. The molecule has 27 heavy (non-hydrogen) atoms. The number of amides is 1. The Hall–Kier alpha value is -2.99. The summed E-state index contributed by atoms with van der Waals surface area (Å²) >= 11 is 6.23.